The van der Waals surface area contributed by atoms with Crippen molar-refractivity contribution in [1.82, 2.24) is 0 Å². The molecule has 0 aromatic rings. The van der Waals surface area contributed by atoms with Crippen LogP contribution in [0.4, 0.5) is 0 Å². The van der Waals surface area contributed by atoms with Crippen molar-refractivity contribution >= 4 is 0 Å². The molecule has 0 heteroatoms. The van der Waals surface area contributed by atoms with Crippen molar-refractivity contribution in [2.24, 2.45) is 0 Å². The lowest BCUT2D eigenvalue weighted by molar-refractivity contribution is 0.907. The maximum atomic E-state index is 2.32. The minimum Gasteiger partial charge on any atom is -0.0856 e. The lowest BCUT2D eigenvalue weighted by Gasteiger charge is -1.79. The van der Waals surface area contributed by atoms with E-state index in [9.17, 15) is 0 Å². The Morgan fingerprint density at radius 1 is 1.38 bits per heavy atom. The summed E-state index contributed by atoms with van der Waals surface area (Å²) in [6.07, 6.45) is 6.39. The van der Waals surface area contributed by atoms with Crippen LogP contribution in [0.5, 0.6) is 0 Å². The second-order valence-electron chi connectivity index (χ2n) is 1.94. The van der Waals surface area contributed by atoms with Crippen LogP contribution in [0, 0.1) is 0 Å². The number of hydrogen-bond acceptors (Lipinski definition) is 0. The third kappa shape index (κ3) is 2.84. The first kappa shape index (κ1) is 7.74. The second-order valence-corrected chi connectivity index (χ2v) is 1.94. The molecule has 0 saturated carbocycles. The molecule has 0 aromatic heterocycles. The smallest absolute Gasteiger partial charge is 0.0320 e. The van der Waals surface area contributed by atoms with Crippen molar-refractivity contribution in [3.8, 4) is 0 Å². The molecule has 0 saturated heterocycles. The van der Waals surface area contributed by atoms with Gasteiger partial charge < -0.3 is 0 Å². The minimum atomic E-state index is 1.33. The summed E-state index contributed by atoms with van der Waals surface area (Å²) in [5.74, 6) is 0. The number of allylic oxidation sites excluding steroid dienone is 2. The molecule has 0 fully saturated rings. The molecule has 0 amide bonds. The van der Waals surface area contributed by atoms with Crippen molar-refractivity contribution in [2.75, 3.05) is 0 Å². The molecule has 0 heterocycles. The zero-order chi connectivity index (χ0) is 6.41. The zero-order valence-corrected chi connectivity index (χ0v) is 6.20. The molecule has 1 aliphatic rings. The van der Waals surface area contributed by atoms with Crippen molar-refractivity contribution in [2.45, 2.75) is 40.0 Å². The van der Waals surface area contributed by atoms with Crippen LogP contribution in [-0.2, 0) is 0 Å². The molecule has 0 spiro atoms. The van der Waals surface area contributed by atoms with Crippen LogP contribution in [0.15, 0.2) is 11.6 Å². The predicted molar refractivity (Wildman–Crippen MR) is 39.0 cm³/mol. The molecule has 0 N–H and O–H groups in total. The van der Waals surface area contributed by atoms with E-state index in [1.165, 1.54) is 19.3 Å². The SMILES string of the molecule is CC.CC1=CCCC1. The summed E-state index contributed by atoms with van der Waals surface area (Å²) >= 11 is 0. The van der Waals surface area contributed by atoms with Crippen LogP contribution < -0.4 is 0 Å². The average Bonchev–Trinajstić information content (AvgIpc) is 2.24. The van der Waals surface area contributed by atoms with Crippen LogP contribution >= 0.6 is 0 Å². The van der Waals surface area contributed by atoms with E-state index in [1.807, 2.05) is 13.8 Å². The Hall–Kier alpha value is -0.260. The van der Waals surface area contributed by atoms with Gasteiger partial charge in [0.05, 0.1) is 0 Å². The van der Waals surface area contributed by atoms with Crippen molar-refractivity contribution < 1.29 is 0 Å². The summed E-state index contributed by atoms with van der Waals surface area (Å²) in [5, 5.41) is 0. The van der Waals surface area contributed by atoms with E-state index in [4.69, 9.17) is 0 Å². The zero-order valence-electron chi connectivity index (χ0n) is 6.20. The third-order valence-corrected chi connectivity index (χ3v) is 1.27. The Morgan fingerprint density at radius 2 is 2.00 bits per heavy atom. The summed E-state index contributed by atoms with van der Waals surface area (Å²) < 4.78 is 0. The maximum Gasteiger partial charge on any atom is -0.0320 e. The summed E-state index contributed by atoms with van der Waals surface area (Å²) in [6.45, 7) is 6.20. The highest BCUT2D eigenvalue weighted by Gasteiger charge is 1.94. The lowest BCUT2D eigenvalue weighted by atomic mass is 10.3. The molecule has 0 nitrogen and oxygen atoms in total. The Bertz CT molecular complexity index is 70.1. The Labute approximate surface area is 52.6 Å². The van der Waals surface area contributed by atoms with Gasteiger partial charge in [-0.3, -0.25) is 0 Å². The first-order chi connectivity index (χ1) is 3.89. The van der Waals surface area contributed by atoms with Crippen LogP contribution in [0.1, 0.15) is 40.0 Å². The van der Waals surface area contributed by atoms with E-state index in [0.29, 0.717) is 0 Å². The quantitative estimate of drug-likeness (QED) is 0.422. The molecular formula is C8H16. The second kappa shape index (κ2) is 4.89. The van der Waals surface area contributed by atoms with Gasteiger partial charge in [0.15, 0.2) is 0 Å². The highest BCUT2D eigenvalue weighted by atomic mass is 14.0. The molecule has 1 rings (SSSR count). The van der Waals surface area contributed by atoms with Crippen molar-refractivity contribution in [1.29, 1.82) is 0 Å². The first-order valence-electron chi connectivity index (χ1n) is 3.55. The fourth-order valence-corrected chi connectivity index (χ4v) is 0.831. The molecule has 0 bridgehead atoms. The maximum absolute atomic E-state index is 2.32. The molecule has 0 aromatic carbocycles. The fraction of sp³-hybridized carbons (Fsp3) is 0.750. The highest BCUT2D eigenvalue weighted by Crippen LogP contribution is 2.15. The van der Waals surface area contributed by atoms with Gasteiger partial charge in [0.1, 0.15) is 0 Å². The van der Waals surface area contributed by atoms with Gasteiger partial charge in [-0.05, 0) is 26.2 Å². The van der Waals surface area contributed by atoms with Crippen molar-refractivity contribution in [3.63, 3.8) is 0 Å². The van der Waals surface area contributed by atoms with Gasteiger partial charge in [-0.15, -0.1) is 0 Å². The van der Waals surface area contributed by atoms with Crippen LogP contribution in [0.3, 0.4) is 0 Å². The van der Waals surface area contributed by atoms with E-state index < -0.39 is 0 Å². The molecule has 0 aliphatic heterocycles. The van der Waals surface area contributed by atoms with Gasteiger partial charge in [0, 0.05) is 0 Å². The number of hydrogen-bond donors (Lipinski definition) is 0. The largest absolute Gasteiger partial charge is 0.0856 e. The standard InChI is InChI=1S/C6H10.C2H6/c1-6-4-2-3-5-6;1-2/h4H,2-3,5H2,1H3;1-2H3. The van der Waals surface area contributed by atoms with Gasteiger partial charge in [0.25, 0.3) is 0 Å². The lowest BCUT2D eigenvalue weighted by Crippen LogP contribution is -1.59. The van der Waals surface area contributed by atoms with Gasteiger partial charge in [0.2, 0.25) is 0 Å². The highest BCUT2D eigenvalue weighted by molar-refractivity contribution is 5.02. The summed E-state index contributed by atoms with van der Waals surface area (Å²) in [5.41, 5.74) is 1.58. The van der Waals surface area contributed by atoms with Crippen LogP contribution in [0.2, 0.25) is 0 Å². The summed E-state index contributed by atoms with van der Waals surface area (Å²) in [6, 6.07) is 0. The Kier molecular flexibility index (Phi) is 4.73. The molecule has 1 aliphatic carbocycles. The predicted octanol–water partition coefficient (Wildman–Crippen LogP) is 3.14. The molecule has 0 atom stereocenters. The van der Waals surface area contributed by atoms with E-state index in [-0.39, 0.29) is 0 Å². The molecule has 0 radical (unpaired) electrons. The van der Waals surface area contributed by atoms with Gasteiger partial charge in [-0.1, -0.05) is 25.5 Å². The normalized spacial score (nSPS) is 16.6. The van der Waals surface area contributed by atoms with E-state index in [0.717, 1.165) is 0 Å². The Balaban J connectivity index is 0.000000222. The van der Waals surface area contributed by atoms with E-state index >= 15 is 0 Å². The fourth-order valence-electron chi connectivity index (χ4n) is 0.831. The monoisotopic (exact) mass is 112 g/mol. The van der Waals surface area contributed by atoms with E-state index in [2.05, 4.69) is 13.0 Å². The average molecular weight is 112 g/mol. The third-order valence-electron chi connectivity index (χ3n) is 1.27. The van der Waals surface area contributed by atoms with E-state index in [1.54, 1.807) is 5.57 Å². The minimum absolute atomic E-state index is 1.33. The van der Waals surface area contributed by atoms with Crippen LogP contribution in [0.25, 0.3) is 0 Å². The Morgan fingerprint density at radius 3 is 2.12 bits per heavy atom. The molecule has 0 unspecified atom stereocenters. The van der Waals surface area contributed by atoms with Crippen molar-refractivity contribution in [3.05, 3.63) is 11.6 Å². The molecule has 8 heavy (non-hydrogen) atoms. The topological polar surface area (TPSA) is 0 Å². The molecular weight excluding hydrogens is 96.1 g/mol. The van der Waals surface area contributed by atoms with Gasteiger partial charge >= 0.3 is 0 Å². The summed E-state index contributed by atoms with van der Waals surface area (Å²) in [4.78, 5) is 0. The molecule has 48 valence electrons. The first-order valence-corrected chi connectivity index (χ1v) is 3.55. The summed E-state index contributed by atoms with van der Waals surface area (Å²) in [7, 11) is 0. The van der Waals surface area contributed by atoms with Crippen LogP contribution in [-0.4, -0.2) is 0 Å². The van der Waals surface area contributed by atoms with Gasteiger partial charge in [-0.25, -0.2) is 0 Å². The number of rotatable bonds is 0. The van der Waals surface area contributed by atoms with Gasteiger partial charge in [-0.2, -0.15) is 0 Å².